The van der Waals surface area contributed by atoms with Crippen LogP contribution < -0.4 is 14.8 Å². The maximum atomic E-state index is 14.0. The smallest absolute Gasteiger partial charge is 0.256 e. The molecule has 8 heteroatoms. The van der Waals surface area contributed by atoms with Crippen LogP contribution in [0.1, 0.15) is 32.6 Å². The Kier molecular flexibility index (Phi) is 5.35. The van der Waals surface area contributed by atoms with E-state index in [1.165, 1.54) is 20.0 Å². The van der Waals surface area contributed by atoms with Gasteiger partial charge in [0, 0.05) is 7.05 Å². The molecule has 0 radical (unpaired) electrons. The van der Waals surface area contributed by atoms with Gasteiger partial charge in [0.1, 0.15) is 5.69 Å². The Morgan fingerprint density at radius 1 is 1.28 bits per heavy atom. The van der Waals surface area contributed by atoms with Crippen LogP contribution in [0.25, 0.3) is 0 Å². The van der Waals surface area contributed by atoms with Crippen LogP contribution in [0.3, 0.4) is 0 Å². The van der Waals surface area contributed by atoms with Crippen LogP contribution >= 0.6 is 0 Å². The maximum absolute atomic E-state index is 14.0. The van der Waals surface area contributed by atoms with Crippen molar-refractivity contribution < 1.29 is 13.9 Å². The zero-order valence-electron chi connectivity index (χ0n) is 14.8. The highest BCUT2D eigenvalue weighted by molar-refractivity contribution is 5.58. The molecule has 0 aromatic carbocycles. The van der Waals surface area contributed by atoms with Crippen molar-refractivity contribution in [3.63, 3.8) is 0 Å². The lowest BCUT2D eigenvalue weighted by atomic mass is 9.83. The fourth-order valence-corrected chi connectivity index (χ4v) is 3.03. The number of rotatable bonds is 6. The van der Waals surface area contributed by atoms with Crippen molar-refractivity contribution in [2.75, 3.05) is 19.0 Å². The Morgan fingerprint density at radius 3 is 2.76 bits per heavy atom. The highest BCUT2D eigenvalue weighted by Crippen LogP contribution is 2.29. The van der Waals surface area contributed by atoms with Crippen molar-refractivity contribution in [1.82, 2.24) is 19.7 Å². The van der Waals surface area contributed by atoms with Gasteiger partial charge in [0.15, 0.2) is 0 Å². The highest BCUT2D eigenvalue weighted by Gasteiger charge is 2.20. The number of nitrogens with zero attached hydrogens (tertiary/aromatic N) is 4. The summed E-state index contributed by atoms with van der Waals surface area (Å²) in [6, 6.07) is 0. The van der Waals surface area contributed by atoms with E-state index >= 15 is 0 Å². The van der Waals surface area contributed by atoms with E-state index < -0.39 is 5.82 Å². The molecule has 7 nitrogen and oxygen atoms in total. The third-order valence-electron chi connectivity index (χ3n) is 4.54. The first-order chi connectivity index (χ1) is 12.0. The number of ether oxygens (including phenoxy) is 2. The summed E-state index contributed by atoms with van der Waals surface area (Å²) in [5, 5.41) is 7.12. The number of aromatic nitrogens is 4. The molecule has 1 aliphatic rings. The van der Waals surface area contributed by atoms with Crippen molar-refractivity contribution in [2.24, 2.45) is 18.9 Å². The van der Waals surface area contributed by atoms with E-state index in [0.717, 1.165) is 25.0 Å². The maximum Gasteiger partial charge on any atom is 0.256 e. The van der Waals surface area contributed by atoms with Crippen LogP contribution in [-0.4, -0.2) is 33.5 Å². The Balaban J connectivity index is 1.65. The molecule has 1 saturated carbocycles. The summed E-state index contributed by atoms with van der Waals surface area (Å²) in [7, 11) is 3.30. The lowest BCUT2D eigenvalue weighted by molar-refractivity contribution is 0.178. The first kappa shape index (κ1) is 17.4. The number of nitrogens with one attached hydrogen (secondary N) is 1. The standard InChI is InChI=1S/C17H24FN5O2/c1-11-4-6-12(7-5-11)10-25-15-13(18)8-19-17(21-15)20-14-9-23(2)22-16(14)24-3/h8-9,11-12H,4-7,10H2,1-3H3,(H,19,20,21). The molecule has 2 aromatic rings. The van der Waals surface area contributed by atoms with E-state index in [1.807, 2.05) is 0 Å². The van der Waals surface area contributed by atoms with E-state index in [1.54, 1.807) is 17.9 Å². The molecule has 0 saturated heterocycles. The molecule has 1 aliphatic carbocycles. The molecule has 3 rings (SSSR count). The fraction of sp³-hybridized carbons (Fsp3) is 0.588. The molecule has 1 N–H and O–H groups in total. The van der Waals surface area contributed by atoms with Gasteiger partial charge in [-0.05, 0) is 24.7 Å². The van der Waals surface area contributed by atoms with Crippen molar-refractivity contribution in [2.45, 2.75) is 32.6 Å². The summed E-state index contributed by atoms with van der Waals surface area (Å²) in [6.07, 6.45) is 7.48. The fourth-order valence-electron chi connectivity index (χ4n) is 3.03. The van der Waals surface area contributed by atoms with Gasteiger partial charge in [-0.3, -0.25) is 4.68 Å². The summed E-state index contributed by atoms with van der Waals surface area (Å²) in [6.45, 7) is 2.75. The van der Waals surface area contributed by atoms with E-state index in [9.17, 15) is 4.39 Å². The molecule has 0 unspecified atom stereocenters. The summed E-state index contributed by atoms with van der Waals surface area (Å²) in [4.78, 5) is 8.09. The van der Waals surface area contributed by atoms with Crippen LogP contribution in [0.4, 0.5) is 16.0 Å². The average molecular weight is 349 g/mol. The van der Waals surface area contributed by atoms with Gasteiger partial charge in [0.25, 0.3) is 11.8 Å². The third-order valence-corrected chi connectivity index (χ3v) is 4.54. The first-order valence-corrected chi connectivity index (χ1v) is 8.55. The van der Waals surface area contributed by atoms with Crippen molar-refractivity contribution in [3.8, 4) is 11.8 Å². The molecular formula is C17H24FN5O2. The van der Waals surface area contributed by atoms with Crippen LogP contribution in [0.2, 0.25) is 0 Å². The SMILES string of the molecule is COc1nn(C)cc1Nc1ncc(F)c(OCC2CCC(C)CC2)n1. The average Bonchev–Trinajstić information content (AvgIpc) is 2.96. The topological polar surface area (TPSA) is 74.1 Å². The Morgan fingerprint density at radius 2 is 2.04 bits per heavy atom. The molecule has 2 aromatic heterocycles. The predicted octanol–water partition coefficient (Wildman–Crippen LogP) is 3.31. The van der Waals surface area contributed by atoms with Gasteiger partial charge in [0.05, 0.1) is 26.1 Å². The second-order valence-corrected chi connectivity index (χ2v) is 6.63. The summed E-state index contributed by atoms with van der Waals surface area (Å²) in [5.41, 5.74) is 0.601. The number of anilines is 2. The molecule has 0 amide bonds. The Hall–Kier alpha value is -2.38. The second-order valence-electron chi connectivity index (χ2n) is 6.63. The van der Waals surface area contributed by atoms with Gasteiger partial charge in [-0.2, -0.15) is 9.37 Å². The largest absolute Gasteiger partial charge is 0.478 e. The minimum atomic E-state index is -0.562. The molecule has 0 bridgehead atoms. The zero-order chi connectivity index (χ0) is 17.8. The van der Waals surface area contributed by atoms with Crippen LogP contribution in [0.5, 0.6) is 11.8 Å². The van der Waals surface area contributed by atoms with Crippen molar-refractivity contribution in [1.29, 1.82) is 0 Å². The molecule has 0 aliphatic heterocycles. The second kappa shape index (κ2) is 7.67. The molecule has 136 valence electrons. The van der Waals surface area contributed by atoms with Gasteiger partial charge < -0.3 is 14.8 Å². The normalized spacial score (nSPS) is 20.3. The van der Waals surface area contributed by atoms with E-state index in [2.05, 4.69) is 27.3 Å². The molecule has 0 spiro atoms. The molecule has 2 heterocycles. The van der Waals surface area contributed by atoms with E-state index in [-0.39, 0.29) is 11.8 Å². The minimum Gasteiger partial charge on any atom is -0.478 e. The molecule has 25 heavy (non-hydrogen) atoms. The van der Waals surface area contributed by atoms with Crippen LogP contribution in [0, 0.1) is 17.7 Å². The van der Waals surface area contributed by atoms with E-state index in [0.29, 0.717) is 24.1 Å². The summed E-state index contributed by atoms with van der Waals surface area (Å²) in [5.74, 6) is 1.29. The first-order valence-electron chi connectivity index (χ1n) is 8.55. The number of aryl methyl sites for hydroxylation is 1. The van der Waals surface area contributed by atoms with Gasteiger partial charge >= 0.3 is 0 Å². The van der Waals surface area contributed by atoms with Crippen molar-refractivity contribution in [3.05, 3.63) is 18.2 Å². The van der Waals surface area contributed by atoms with Crippen molar-refractivity contribution >= 4 is 11.6 Å². The van der Waals surface area contributed by atoms with Gasteiger partial charge in [-0.15, -0.1) is 5.10 Å². The summed E-state index contributed by atoms with van der Waals surface area (Å²) < 4.78 is 26.4. The molecular weight excluding hydrogens is 325 g/mol. The minimum absolute atomic E-state index is 0.0287. The van der Waals surface area contributed by atoms with Gasteiger partial charge in [-0.1, -0.05) is 19.8 Å². The Labute approximate surface area is 146 Å². The highest BCUT2D eigenvalue weighted by atomic mass is 19.1. The number of hydrogen-bond acceptors (Lipinski definition) is 6. The van der Waals surface area contributed by atoms with Gasteiger partial charge in [0.2, 0.25) is 11.8 Å². The predicted molar refractivity (Wildman–Crippen MR) is 91.6 cm³/mol. The third kappa shape index (κ3) is 4.37. The zero-order valence-corrected chi connectivity index (χ0v) is 14.8. The monoisotopic (exact) mass is 349 g/mol. The quantitative estimate of drug-likeness (QED) is 0.862. The number of halogens is 1. The van der Waals surface area contributed by atoms with E-state index in [4.69, 9.17) is 9.47 Å². The summed E-state index contributed by atoms with van der Waals surface area (Å²) >= 11 is 0. The van der Waals surface area contributed by atoms with Gasteiger partial charge in [-0.25, -0.2) is 4.98 Å². The lowest BCUT2D eigenvalue weighted by Gasteiger charge is -2.25. The van der Waals surface area contributed by atoms with Crippen LogP contribution in [-0.2, 0) is 7.05 Å². The van der Waals surface area contributed by atoms with Crippen LogP contribution in [0.15, 0.2) is 12.4 Å². The lowest BCUT2D eigenvalue weighted by Crippen LogP contribution is -2.19. The molecule has 1 fully saturated rings. The molecule has 0 atom stereocenters. The number of hydrogen-bond donors (Lipinski definition) is 1. The number of methoxy groups -OCH3 is 1. The Bertz CT molecular complexity index is 713.